The predicted octanol–water partition coefficient (Wildman–Crippen LogP) is 1.70. The van der Waals surface area contributed by atoms with Crippen molar-refractivity contribution in [3.8, 4) is 0 Å². The second kappa shape index (κ2) is 5.25. The third-order valence-electron chi connectivity index (χ3n) is 3.66. The number of aromatic nitrogens is 2. The van der Waals surface area contributed by atoms with E-state index in [9.17, 15) is 9.59 Å². The number of carbonyl (C=O) groups is 2. The fourth-order valence-electron chi connectivity index (χ4n) is 2.63. The quantitative estimate of drug-likeness (QED) is 0.786. The van der Waals surface area contributed by atoms with Gasteiger partial charge in [0.2, 0.25) is 5.91 Å². The molecule has 3 amide bonds. The molecule has 0 bridgehead atoms. The number of primary amides is 1. The Kier molecular flexibility index (Phi) is 3.42. The van der Waals surface area contributed by atoms with Crippen molar-refractivity contribution < 1.29 is 9.59 Å². The number of hydrogen-bond acceptors (Lipinski definition) is 3. The molecule has 1 aliphatic heterocycles. The second-order valence-electron chi connectivity index (χ2n) is 4.93. The van der Waals surface area contributed by atoms with Gasteiger partial charge in [-0.2, -0.15) is 5.10 Å². The monoisotopic (exact) mass is 307 g/mol. The number of carbonyl (C=O) groups excluding carboxylic acids is 2. The van der Waals surface area contributed by atoms with Gasteiger partial charge in [0, 0.05) is 11.9 Å². The Morgan fingerprint density at radius 3 is 3.05 bits per heavy atom. The Hall–Kier alpha value is -2.28. The maximum absolute atomic E-state index is 12.4. The summed E-state index contributed by atoms with van der Waals surface area (Å²) >= 11 is 6.06. The third-order valence-corrected chi connectivity index (χ3v) is 3.99. The minimum Gasteiger partial charge on any atom is -0.351 e. The number of nitrogens with zero attached hydrogens (tertiary/aromatic N) is 2. The van der Waals surface area contributed by atoms with Crippen molar-refractivity contribution in [3.63, 3.8) is 0 Å². The largest absolute Gasteiger partial charge is 0.351 e. The summed E-state index contributed by atoms with van der Waals surface area (Å²) in [6, 6.07) is 2.28. The van der Waals surface area contributed by atoms with Crippen molar-refractivity contribution in [2.75, 3.05) is 11.9 Å². The molecular formula is C13H14ClN5O2. The zero-order chi connectivity index (χ0) is 15.0. The van der Waals surface area contributed by atoms with Gasteiger partial charge in [0.25, 0.3) is 0 Å². The van der Waals surface area contributed by atoms with E-state index in [0.717, 1.165) is 11.8 Å². The molecule has 1 aromatic heterocycles. The number of hydrogen-bond donors (Lipinski definition) is 3. The van der Waals surface area contributed by atoms with E-state index in [1.807, 2.05) is 0 Å². The van der Waals surface area contributed by atoms with E-state index in [-0.39, 0.29) is 5.91 Å². The van der Waals surface area contributed by atoms with Crippen LogP contribution in [-0.4, -0.2) is 39.6 Å². The lowest BCUT2D eigenvalue weighted by Gasteiger charge is -2.21. The molecule has 21 heavy (non-hydrogen) atoms. The summed E-state index contributed by atoms with van der Waals surface area (Å²) in [7, 11) is 0. The van der Waals surface area contributed by atoms with Crippen LogP contribution < -0.4 is 11.1 Å². The summed E-state index contributed by atoms with van der Waals surface area (Å²) < 4.78 is 0. The number of nitrogens with one attached hydrogen (secondary N) is 2. The molecule has 1 atom stereocenters. The lowest BCUT2D eigenvalue weighted by molar-refractivity contribution is -0.119. The summed E-state index contributed by atoms with van der Waals surface area (Å²) in [4.78, 5) is 25.1. The molecule has 0 spiro atoms. The topological polar surface area (TPSA) is 104 Å². The zero-order valence-corrected chi connectivity index (χ0v) is 11.9. The lowest BCUT2D eigenvalue weighted by atomic mass is 10.2. The smallest absolute Gasteiger partial charge is 0.315 e. The standard InChI is InChI=1S/C13H14ClN5O2/c14-8-3-4-9(11-7(8)6-16-18-11)17-12(20)10-2-1-5-19(10)13(15)21/h3-4,6,10H,1-2,5H2,(H2,15,21)(H,16,18)(H,17,20)/t10-/m0/s1. The fourth-order valence-corrected chi connectivity index (χ4v) is 2.83. The van der Waals surface area contributed by atoms with Crippen molar-refractivity contribution in [3.05, 3.63) is 23.4 Å². The number of rotatable bonds is 2. The summed E-state index contributed by atoms with van der Waals surface area (Å²) in [6.45, 7) is 0.507. The van der Waals surface area contributed by atoms with Gasteiger partial charge in [-0.25, -0.2) is 4.79 Å². The molecule has 2 heterocycles. The molecule has 110 valence electrons. The Morgan fingerprint density at radius 2 is 2.29 bits per heavy atom. The van der Waals surface area contributed by atoms with Crippen LogP contribution in [0.4, 0.5) is 10.5 Å². The molecule has 1 fully saturated rings. The number of aromatic amines is 1. The van der Waals surface area contributed by atoms with Gasteiger partial charge < -0.3 is 16.0 Å². The van der Waals surface area contributed by atoms with Gasteiger partial charge in [-0.05, 0) is 25.0 Å². The van der Waals surface area contributed by atoms with Gasteiger partial charge in [-0.1, -0.05) is 11.6 Å². The summed E-state index contributed by atoms with van der Waals surface area (Å²) in [5, 5.41) is 10.8. The van der Waals surface area contributed by atoms with Crippen molar-refractivity contribution in [2.24, 2.45) is 5.73 Å². The third kappa shape index (κ3) is 2.40. The summed E-state index contributed by atoms with van der Waals surface area (Å²) in [6.07, 6.45) is 2.97. The Balaban J connectivity index is 1.85. The average Bonchev–Trinajstić information content (AvgIpc) is 3.09. The predicted molar refractivity (Wildman–Crippen MR) is 79.0 cm³/mol. The number of anilines is 1. The van der Waals surface area contributed by atoms with E-state index in [0.29, 0.717) is 29.2 Å². The molecular weight excluding hydrogens is 294 g/mol. The summed E-state index contributed by atoms with van der Waals surface area (Å²) in [5.41, 5.74) is 6.52. The Labute approximate surface area is 125 Å². The van der Waals surface area contributed by atoms with E-state index in [1.54, 1.807) is 18.3 Å². The number of amides is 3. The SMILES string of the molecule is NC(=O)N1CCC[C@H]1C(=O)Nc1ccc(Cl)c2cn[nH]c12. The van der Waals surface area contributed by atoms with Gasteiger partial charge in [-0.3, -0.25) is 9.89 Å². The number of benzene rings is 1. The molecule has 0 unspecified atom stereocenters. The van der Waals surface area contributed by atoms with Crippen LogP contribution >= 0.6 is 11.6 Å². The Bertz CT molecular complexity index is 714. The molecule has 1 aromatic carbocycles. The van der Waals surface area contributed by atoms with Gasteiger partial charge >= 0.3 is 6.03 Å². The van der Waals surface area contributed by atoms with Crippen molar-refractivity contribution in [1.29, 1.82) is 0 Å². The van der Waals surface area contributed by atoms with E-state index in [2.05, 4.69) is 15.5 Å². The number of fused-ring (bicyclic) bond motifs is 1. The minimum absolute atomic E-state index is 0.260. The van der Waals surface area contributed by atoms with Gasteiger partial charge in [-0.15, -0.1) is 0 Å². The van der Waals surface area contributed by atoms with Gasteiger partial charge in [0.15, 0.2) is 0 Å². The van der Waals surface area contributed by atoms with Crippen molar-refractivity contribution in [1.82, 2.24) is 15.1 Å². The van der Waals surface area contributed by atoms with Gasteiger partial charge in [0.1, 0.15) is 6.04 Å². The van der Waals surface area contributed by atoms with E-state index in [1.165, 1.54) is 4.90 Å². The number of halogens is 1. The van der Waals surface area contributed by atoms with Crippen LogP contribution in [0.1, 0.15) is 12.8 Å². The first-order valence-electron chi connectivity index (χ1n) is 6.56. The normalized spacial score (nSPS) is 18.1. The number of likely N-dealkylation sites (tertiary alicyclic amines) is 1. The summed E-state index contributed by atoms with van der Waals surface area (Å²) in [5.74, 6) is -0.260. The highest BCUT2D eigenvalue weighted by Crippen LogP contribution is 2.28. The molecule has 2 aromatic rings. The molecule has 4 N–H and O–H groups in total. The van der Waals surface area contributed by atoms with Crippen LogP contribution in [0.2, 0.25) is 5.02 Å². The molecule has 7 nitrogen and oxygen atoms in total. The number of nitrogens with two attached hydrogens (primary N) is 1. The van der Waals surface area contributed by atoms with Crippen LogP contribution in [0.5, 0.6) is 0 Å². The van der Waals surface area contributed by atoms with Crippen LogP contribution in [0.3, 0.4) is 0 Å². The van der Waals surface area contributed by atoms with E-state index >= 15 is 0 Å². The second-order valence-corrected chi connectivity index (χ2v) is 5.34. The van der Waals surface area contributed by atoms with Crippen molar-refractivity contribution in [2.45, 2.75) is 18.9 Å². The average molecular weight is 308 g/mol. The fraction of sp³-hybridized carbons (Fsp3) is 0.308. The first-order valence-corrected chi connectivity index (χ1v) is 6.94. The number of H-pyrrole nitrogens is 1. The maximum atomic E-state index is 12.4. The van der Waals surface area contributed by atoms with E-state index < -0.39 is 12.1 Å². The van der Waals surface area contributed by atoms with Crippen LogP contribution in [0.15, 0.2) is 18.3 Å². The lowest BCUT2D eigenvalue weighted by Crippen LogP contribution is -2.45. The first kappa shape index (κ1) is 13.7. The maximum Gasteiger partial charge on any atom is 0.315 e. The Morgan fingerprint density at radius 1 is 1.48 bits per heavy atom. The zero-order valence-electron chi connectivity index (χ0n) is 11.1. The molecule has 0 radical (unpaired) electrons. The first-order chi connectivity index (χ1) is 10.1. The van der Waals surface area contributed by atoms with Crippen LogP contribution in [-0.2, 0) is 4.79 Å². The number of urea groups is 1. The van der Waals surface area contributed by atoms with Crippen LogP contribution in [0, 0.1) is 0 Å². The minimum atomic E-state index is -0.574. The molecule has 0 saturated carbocycles. The highest BCUT2D eigenvalue weighted by Gasteiger charge is 2.33. The van der Waals surface area contributed by atoms with Gasteiger partial charge in [0.05, 0.1) is 22.4 Å². The molecule has 8 heteroatoms. The molecule has 0 aliphatic carbocycles. The molecule has 1 saturated heterocycles. The van der Waals surface area contributed by atoms with Crippen LogP contribution in [0.25, 0.3) is 10.9 Å². The molecule has 1 aliphatic rings. The van der Waals surface area contributed by atoms with Crippen molar-refractivity contribution >= 4 is 40.1 Å². The highest BCUT2D eigenvalue weighted by molar-refractivity contribution is 6.35. The highest BCUT2D eigenvalue weighted by atomic mass is 35.5. The van der Waals surface area contributed by atoms with E-state index in [4.69, 9.17) is 17.3 Å². The molecule has 3 rings (SSSR count).